The van der Waals surface area contributed by atoms with Crippen molar-refractivity contribution >= 4 is 41.7 Å². The zero-order chi connectivity index (χ0) is 57.1. The number of fused-ring (bicyclic) bond motifs is 2. The SMILES string of the molecule is CNC(C)C(=O)NC(C(=O)N1CC(NC(=O)c2ccc(COc3ccc(CN(NCC(C)(C=O)NC)C(=O)C4CCCCC4C(=O)NC4CCCc5ccccc54)cc3)cc2)CC1C(=O)NC1CCCc2ccccc21)C(C)(C)C. The molecule has 428 valence electrons. The molecule has 0 bridgehead atoms. The highest BCUT2D eigenvalue weighted by atomic mass is 16.5. The number of carbonyl (C=O) groups is 7. The van der Waals surface area contributed by atoms with E-state index < -0.39 is 52.9 Å². The molecule has 4 aromatic rings. The maximum Gasteiger partial charge on any atom is 0.251 e. The average molecular weight is 1090 g/mol. The van der Waals surface area contributed by atoms with E-state index in [0.717, 1.165) is 79.9 Å². The van der Waals surface area contributed by atoms with Gasteiger partial charge in [-0.15, -0.1) is 0 Å². The minimum atomic E-state index is -0.940. The van der Waals surface area contributed by atoms with E-state index in [0.29, 0.717) is 24.2 Å². The van der Waals surface area contributed by atoms with E-state index in [2.05, 4.69) is 55.5 Å². The summed E-state index contributed by atoms with van der Waals surface area (Å²) in [7, 11) is 3.37. The van der Waals surface area contributed by atoms with Gasteiger partial charge in [-0.2, -0.15) is 0 Å². The van der Waals surface area contributed by atoms with Gasteiger partial charge in [0.25, 0.3) is 5.91 Å². The van der Waals surface area contributed by atoms with E-state index in [9.17, 15) is 33.6 Å². The van der Waals surface area contributed by atoms with Gasteiger partial charge in [0, 0.05) is 30.6 Å². The van der Waals surface area contributed by atoms with Crippen LogP contribution in [0.5, 0.6) is 5.75 Å². The summed E-state index contributed by atoms with van der Waals surface area (Å²) in [6.45, 7) is 9.72. The Balaban J connectivity index is 0.896. The highest BCUT2D eigenvalue weighted by molar-refractivity contribution is 5.96. The van der Waals surface area contributed by atoms with E-state index >= 15 is 0 Å². The van der Waals surface area contributed by atoms with Gasteiger partial charge in [-0.1, -0.05) is 106 Å². The number of nitrogens with zero attached hydrogens (tertiary/aromatic N) is 2. The number of likely N-dealkylation sites (tertiary alicyclic amines) is 1. The molecule has 1 saturated carbocycles. The molecule has 1 aliphatic heterocycles. The summed E-state index contributed by atoms with van der Waals surface area (Å²) >= 11 is 0. The number of hydrogen-bond donors (Lipinski definition) is 7. The molecule has 2 fully saturated rings. The largest absolute Gasteiger partial charge is 0.489 e. The zero-order valence-electron chi connectivity index (χ0n) is 47.7. The first-order valence-corrected chi connectivity index (χ1v) is 28.7. The predicted octanol–water partition coefficient (Wildman–Crippen LogP) is 6.31. The molecular weight excluding hydrogens is 1010 g/mol. The van der Waals surface area contributed by atoms with Gasteiger partial charge in [-0.25, -0.2) is 5.43 Å². The molecule has 7 N–H and O–H groups in total. The number of ether oxygens (including phenoxy) is 1. The lowest BCUT2D eigenvalue weighted by molar-refractivity contribution is -0.147. The lowest BCUT2D eigenvalue weighted by Crippen LogP contribution is -2.59. The van der Waals surface area contributed by atoms with Crippen LogP contribution in [0.15, 0.2) is 97.1 Å². The van der Waals surface area contributed by atoms with Crippen LogP contribution in [0, 0.1) is 17.3 Å². The van der Waals surface area contributed by atoms with Crippen molar-refractivity contribution in [3.63, 3.8) is 0 Å². The van der Waals surface area contributed by atoms with Crippen molar-refractivity contribution < 1.29 is 38.3 Å². The molecule has 17 nitrogen and oxygen atoms in total. The zero-order valence-corrected chi connectivity index (χ0v) is 47.7. The second-order valence-corrected chi connectivity index (χ2v) is 23.7. The maximum absolute atomic E-state index is 14.6. The molecule has 0 aromatic heterocycles. The fraction of sp³-hybridized carbons (Fsp3) is 0.508. The number of amides is 6. The van der Waals surface area contributed by atoms with Crippen LogP contribution >= 0.6 is 0 Å². The number of rotatable bonds is 21. The van der Waals surface area contributed by atoms with Crippen LogP contribution in [-0.4, -0.2) is 109 Å². The second-order valence-electron chi connectivity index (χ2n) is 23.7. The van der Waals surface area contributed by atoms with Crippen molar-refractivity contribution in [3.8, 4) is 5.75 Å². The number of aryl methyl sites for hydroxylation is 2. The molecule has 3 aliphatic carbocycles. The third-order valence-corrected chi connectivity index (χ3v) is 16.9. The molecule has 1 heterocycles. The van der Waals surface area contributed by atoms with Crippen molar-refractivity contribution in [1.82, 2.24) is 47.2 Å². The third kappa shape index (κ3) is 14.5. The molecule has 0 spiro atoms. The first-order chi connectivity index (χ1) is 38.4. The minimum Gasteiger partial charge on any atom is -0.489 e. The van der Waals surface area contributed by atoms with Crippen LogP contribution in [0.3, 0.4) is 0 Å². The standard InChI is InChI=1S/C63H83N9O8/c1-40(64-6)56(74)70-55(62(2,3)4)61(79)71-36-46(34-54(71)59(77)69-53-25-15-19-44-17-9-11-21-49(44)53)67-57(75)45-30-26-42(27-31-45)37-80-47-32-28-41(29-33-47)35-72(66-38-63(5,39-73)65-7)60(78)51-23-13-12-22-50(51)58(76)68-52-24-14-18-43-16-8-10-20-48(43)52/h8-11,16-17,20-21,26-33,39-40,46,50-55,64-66H,12-15,18-19,22-25,34-38H2,1-7H3,(H,67,75)(H,68,76)(H,69,77)(H,70,74). The van der Waals surface area contributed by atoms with Gasteiger partial charge in [0.2, 0.25) is 29.5 Å². The normalized spacial score (nSPS) is 22.2. The van der Waals surface area contributed by atoms with Crippen molar-refractivity contribution in [2.45, 2.75) is 160 Å². The van der Waals surface area contributed by atoms with Gasteiger partial charge >= 0.3 is 0 Å². The molecule has 8 rings (SSSR count). The van der Waals surface area contributed by atoms with Crippen LogP contribution in [0.1, 0.15) is 148 Å². The van der Waals surface area contributed by atoms with Gasteiger partial charge in [-0.3, -0.25) is 33.8 Å². The Labute approximate surface area is 471 Å². The molecule has 4 aliphatic rings. The Bertz CT molecular complexity index is 2840. The van der Waals surface area contributed by atoms with Crippen LogP contribution < -0.4 is 42.1 Å². The number of carbonyl (C=O) groups excluding carboxylic acids is 7. The van der Waals surface area contributed by atoms with Gasteiger partial charge in [0.1, 0.15) is 30.7 Å². The Hall–Kier alpha value is -6.95. The molecule has 4 aromatic carbocycles. The first-order valence-electron chi connectivity index (χ1n) is 28.7. The summed E-state index contributed by atoms with van der Waals surface area (Å²) in [5.41, 5.74) is 8.32. The van der Waals surface area contributed by atoms with E-state index in [1.165, 1.54) is 16.0 Å². The van der Waals surface area contributed by atoms with Crippen LogP contribution in [0.2, 0.25) is 0 Å². The summed E-state index contributed by atoms with van der Waals surface area (Å²) in [5, 5.41) is 20.1. The Morgan fingerprint density at radius 3 is 1.89 bits per heavy atom. The van der Waals surface area contributed by atoms with Gasteiger partial charge in [0.05, 0.1) is 36.1 Å². The number of benzene rings is 4. The smallest absolute Gasteiger partial charge is 0.251 e. The maximum atomic E-state index is 14.6. The quantitative estimate of drug-likeness (QED) is 0.0362. The van der Waals surface area contributed by atoms with E-state index in [1.807, 2.05) is 87.5 Å². The highest BCUT2D eigenvalue weighted by Gasteiger charge is 2.46. The van der Waals surface area contributed by atoms with Crippen LogP contribution in [0.25, 0.3) is 0 Å². The Morgan fingerprint density at radius 1 is 0.713 bits per heavy atom. The topological polar surface area (TPSA) is 219 Å². The number of aldehydes is 1. The third-order valence-electron chi connectivity index (χ3n) is 16.9. The molecule has 80 heavy (non-hydrogen) atoms. The molecule has 6 amide bonds. The second kappa shape index (κ2) is 26.5. The Morgan fingerprint density at radius 2 is 1.30 bits per heavy atom. The number of hydrazine groups is 1. The van der Waals surface area contributed by atoms with E-state index in [1.54, 1.807) is 45.1 Å². The van der Waals surface area contributed by atoms with Gasteiger partial charge < -0.3 is 46.3 Å². The molecule has 0 radical (unpaired) electrons. The number of nitrogens with one attached hydrogen (secondary N) is 7. The highest BCUT2D eigenvalue weighted by Crippen LogP contribution is 2.36. The van der Waals surface area contributed by atoms with E-state index in [-0.39, 0.29) is 74.3 Å². The number of hydrogen-bond acceptors (Lipinski definition) is 11. The van der Waals surface area contributed by atoms with Crippen molar-refractivity contribution in [3.05, 3.63) is 136 Å². The van der Waals surface area contributed by atoms with Crippen molar-refractivity contribution in [2.75, 3.05) is 27.2 Å². The van der Waals surface area contributed by atoms with Crippen molar-refractivity contribution in [1.29, 1.82) is 0 Å². The van der Waals surface area contributed by atoms with Crippen LogP contribution in [-0.2, 0) is 54.8 Å². The summed E-state index contributed by atoms with van der Waals surface area (Å²) in [4.78, 5) is 98.4. The molecule has 17 heteroatoms. The molecular formula is C63H83N9O8. The summed E-state index contributed by atoms with van der Waals surface area (Å²) in [6.07, 6.45) is 9.37. The lowest BCUT2D eigenvalue weighted by Gasteiger charge is -2.36. The van der Waals surface area contributed by atoms with Gasteiger partial charge in [-0.05, 0) is 149 Å². The van der Waals surface area contributed by atoms with Crippen molar-refractivity contribution in [2.24, 2.45) is 17.3 Å². The van der Waals surface area contributed by atoms with E-state index in [4.69, 9.17) is 4.74 Å². The molecule has 1 saturated heterocycles. The summed E-state index contributed by atoms with van der Waals surface area (Å²) in [6, 6.07) is 27.6. The summed E-state index contributed by atoms with van der Waals surface area (Å²) < 4.78 is 6.18. The lowest BCUT2D eigenvalue weighted by atomic mass is 9.77. The first kappa shape index (κ1) is 59.2. The monoisotopic (exact) mass is 1090 g/mol. The summed E-state index contributed by atoms with van der Waals surface area (Å²) in [5.74, 6) is -2.08. The molecule has 9 atom stereocenters. The fourth-order valence-corrected chi connectivity index (χ4v) is 11.7. The Kier molecular flexibility index (Phi) is 19.6. The fourth-order valence-electron chi connectivity index (χ4n) is 11.7. The van der Waals surface area contributed by atoms with Gasteiger partial charge in [0.15, 0.2) is 0 Å². The minimum absolute atomic E-state index is 0.0790. The van der Waals surface area contributed by atoms with Crippen LogP contribution in [0.4, 0.5) is 0 Å². The molecule has 9 unspecified atom stereocenters. The average Bonchev–Trinajstić information content (AvgIpc) is 3.91. The predicted molar refractivity (Wildman–Crippen MR) is 307 cm³/mol. The number of likely N-dealkylation sites (N-methyl/N-ethyl adjacent to an activating group) is 2.